The van der Waals surface area contributed by atoms with Gasteiger partial charge in [-0.15, -0.1) is 0 Å². The highest BCUT2D eigenvalue weighted by molar-refractivity contribution is 5.27. The highest BCUT2D eigenvalue weighted by atomic mass is 16.5. The molecule has 25 heavy (non-hydrogen) atoms. The molecule has 0 radical (unpaired) electrons. The number of aromatic nitrogens is 4. The molecule has 0 saturated carbocycles. The Morgan fingerprint density at radius 2 is 1.92 bits per heavy atom. The summed E-state index contributed by atoms with van der Waals surface area (Å²) in [5.74, 6) is 1.49. The molecule has 0 bridgehead atoms. The standard InChI is InChI=1S/C19H25N5O/c1-3-8-19-21-18(22-25-19)15-23(4-2)13-16-9-5-6-10-17(16)14-24-12-7-11-20-24/h5-7,9-12H,3-4,8,13-15H2,1-2H3. The Hall–Kier alpha value is -2.47. The second-order valence-electron chi connectivity index (χ2n) is 6.13. The summed E-state index contributed by atoms with van der Waals surface area (Å²) in [5.41, 5.74) is 2.58. The van der Waals surface area contributed by atoms with E-state index in [1.165, 1.54) is 11.1 Å². The number of benzene rings is 1. The van der Waals surface area contributed by atoms with Crippen molar-refractivity contribution < 1.29 is 4.52 Å². The molecule has 6 nitrogen and oxygen atoms in total. The van der Waals surface area contributed by atoms with Crippen molar-refractivity contribution >= 4 is 0 Å². The van der Waals surface area contributed by atoms with E-state index in [-0.39, 0.29) is 0 Å². The van der Waals surface area contributed by atoms with Crippen LogP contribution in [0.3, 0.4) is 0 Å². The fraction of sp³-hybridized carbons (Fsp3) is 0.421. The fourth-order valence-corrected chi connectivity index (χ4v) is 2.82. The van der Waals surface area contributed by atoms with E-state index in [1.807, 2.05) is 23.1 Å². The third-order valence-corrected chi connectivity index (χ3v) is 4.19. The predicted molar refractivity (Wildman–Crippen MR) is 95.9 cm³/mol. The van der Waals surface area contributed by atoms with E-state index in [9.17, 15) is 0 Å². The van der Waals surface area contributed by atoms with E-state index >= 15 is 0 Å². The molecule has 132 valence electrons. The molecule has 0 amide bonds. The molecule has 2 aromatic heterocycles. The Kier molecular flexibility index (Phi) is 5.95. The van der Waals surface area contributed by atoms with E-state index in [1.54, 1.807) is 0 Å². The van der Waals surface area contributed by atoms with Crippen LogP contribution in [0.25, 0.3) is 0 Å². The van der Waals surface area contributed by atoms with Gasteiger partial charge in [0.1, 0.15) is 0 Å². The van der Waals surface area contributed by atoms with Crippen molar-refractivity contribution in [2.75, 3.05) is 6.54 Å². The summed E-state index contributed by atoms with van der Waals surface area (Å²) in [5, 5.41) is 8.42. The normalized spacial score (nSPS) is 11.3. The zero-order valence-electron chi connectivity index (χ0n) is 14.9. The summed E-state index contributed by atoms with van der Waals surface area (Å²) >= 11 is 0. The SMILES string of the molecule is CCCc1nc(CN(CC)Cc2ccccc2Cn2cccn2)no1. The Morgan fingerprint density at radius 3 is 2.64 bits per heavy atom. The third kappa shape index (κ3) is 4.76. The maximum atomic E-state index is 5.30. The first-order valence-corrected chi connectivity index (χ1v) is 8.86. The van der Waals surface area contributed by atoms with Crippen molar-refractivity contribution in [3.63, 3.8) is 0 Å². The average Bonchev–Trinajstić information content (AvgIpc) is 3.28. The van der Waals surface area contributed by atoms with Crippen molar-refractivity contribution in [1.82, 2.24) is 24.8 Å². The zero-order chi connectivity index (χ0) is 17.5. The zero-order valence-corrected chi connectivity index (χ0v) is 14.9. The quantitative estimate of drug-likeness (QED) is 0.599. The lowest BCUT2D eigenvalue weighted by atomic mass is 10.1. The lowest BCUT2D eigenvalue weighted by Gasteiger charge is -2.20. The molecule has 0 fully saturated rings. The second kappa shape index (κ2) is 8.58. The van der Waals surface area contributed by atoms with Crippen LogP contribution in [0.1, 0.15) is 43.1 Å². The van der Waals surface area contributed by atoms with Crippen LogP contribution >= 0.6 is 0 Å². The van der Waals surface area contributed by atoms with Crippen LogP contribution in [0.15, 0.2) is 47.2 Å². The lowest BCUT2D eigenvalue weighted by Crippen LogP contribution is -2.24. The molecule has 1 aromatic carbocycles. The van der Waals surface area contributed by atoms with Crippen LogP contribution in [-0.4, -0.2) is 31.4 Å². The molecule has 0 aliphatic rings. The fourth-order valence-electron chi connectivity index (χ4n) is 2.82. The molecule has 0 unspecified atom stereocenters. The number of hydrogen-bond acceptors (Lipinski definition) is 5. The minimum absolute atomic E-state index is 0.694. The molecule has 0 spiro atoms. The molecular weight excluding hydrogens is 314 g/mol. The number of nitrogens with zero attached hydrogens (tertiary/aromatic N) is 5. The first-order chi connectivity index (χ1) is 12.3. The van der Waals surface area contributed by atoms with Gasteiger partial charge in [-0.05, 0) is 30.2 Å². The topological polar surface area (TPSA) is 60.0 Å². The van der Waals surface area contributed by atoms with Crippen LogP contribution in [0.4, 0.5) is 0 Å². The van der Waals surface area contributed by atoms with Crippen molar-refractivity contribution in [1.29, 1.82) is 0 Å². The molecule has 0 aliphatic heterocycles. The van der Waals surface area contributed by atoms with Gasteiger partial charge in [0.15, 0.2) is 5.82 Å². The van der Waals surface area contributed by atoms with Crippen molar-refractivity contribution in [2.24, 2.45) is 0 Å². The summed E-state index contributed by atoms with van der Waals surface area (Å²) < 4.78 is 7.24. The average molecular weight is 339 g/mol. The van der Waals surface area contributed by atoms with Gasteiger partial charge in [0.25, 0.3) is 0 Å². The van der Waals surface area contributed by atoms with Gasteiger partial charge in [0.2, 0.25) is 5.89 Å². The van der Waals surface area contributed by atoms with Gasteiger partial charge in [-0.3, -0.25) is 9.58 Å². The van der Waals surface area contributed by atoms with Gasteiger partial charge in [0, 0.05) is 25.4 Å². The third-order valence-electron chi connectivity index (χ3n) is 4.19. The van der Waals surface area contributed by atoms with Crippen LogP contribution in [0, 0.1) is 0 Å². The van der Waals surface area contributed by atoms with E-state index in [0.717, 1.165) is 44.2 Å². The highest BCUT2D eigenvalue weighted by Crippen LogP contribution is 2.15. The Bertz CT molecular complexity index is 766. The van der Waals surface area contributed by atoms with Crippen LogP contribution in [-0.2, 0) is 26.1 Å². The molecule has 2 heterocycles. The molecule has 0 atom stereocenters. The van der Waals surface area contributed by atoms with Gasteiger partial charge < -0.3 is 4.52 Å². The number of rotatable bonds is 9. The molecule has 3 rings (SSSR count). The van der Waals surface area contributed by atoms with Gasteiger partial charge in [-0.2, -0.15) is 10.1 Å². The minimum atomic E-state index is 0.694. The summed E-state index contributed by atoms with van der Waals surface area (Å²) in [6.45, 7) is 7.52. The summed E-state index contributed by atoms with van der Waals surface area (Å²) in [4.78, 5) is 6.80. The molecule has 3 aromatic rings. The molecule has 0 saturated heterocycles. The molecular formula is C19H25N5O. The van der Waals surface area contributed by atoms with E-state index in [4.69, 9.17) is 4.52 Å². The van der Waals surface area contributed by atoms with Crippen molar-refractivity contribution in [3.05, 3.63) is 65.6 Å². The number of hydrogen-bond donors (Lipinski definition) is 0. The number of aryl methyl sites for hydroxylation is 1. The minimum Gasteiger partial charge on any atom is -0.339 e. The lowest BCUT2D eigenvalue weighted by molar-refractivity contribution is 0.258. The Balaban J connectivity index is 1.68. The highest BCUT2D eigenvalue weighted by Gasteiger charge is 2.12. The van der Waals surface area contributed by atoms with E-state index in [2.05, 4.69) is 58.3 Å². The van der Waals surface area contributed by atoms with E-state index in [0.29, 0.717) is 6.54 Å². The second-order valence-corrected chi connectivity index (χ2v) is 6.13. The van der Waals surface area contributed by atoms with Crippen molar-refractivity contribution in [3.8, 4) is 0 Å². The predicted octanol–water partition coefficient (Wildman–Crippen LogP) is 3.29. The molecule has 0 aliphatic carbocycles. The first-order valence-electron chi connectivity index (χ1n) is 8.86. The van der Waals surface area contributed by atoms with Crippen molar-refractivity contribution in [2.45, 2.75) is 46.3 Å². The van der Waals surface area contributed by atoms with Crippen LogP contribution in [0.5, 0.6) is 0 Å². The Morgan fingerprint density at radius 1 is 1.08 bits per heavy atom. The largest absolute Gasteiger partial charge is 0.339 e. The molecule has 6 heteroatoms. The van der Waals surface area contributed by atoms with Gasteiger partial charge >= 0.3 is 0 Å². The van der Waals surface area contributed by atoms with Gasteiger partial charge in [0.05, 0.1) is 13.1 Å². The monoisotopic (exact) mass is 339 g/mol. The van der Waals surface area contributed by atoms with Gasteiger partial charge in [-0.1, -0.05) is 43.3 Å². The summed E-state index contributed by atoms with van der Waals surface area (Å²) in [6.07, 6.45) is 5.65. The van der Waals surface area contributed by atoms with Gasteiger partial charge in [-0.25, -0.2) is 0 Å². The maximum Gasteiger partial charge on any atom is 0.226 e. The summed E-state index contributed by atoms with van der Waals surface area (Å²) in [7, 11) is 0. The maximum absolute atomic E-state index is 5.30. The first kappa shape index (κ1) is 17.4. The Labute approximate surface area is 148 Å². The van der Waals surface area contributed by atoms with Crippen LogP contribution in [0.2, 0.25) is 0 Å². The van der Waals surface area contributed by atoms with Crippen LogP contribution < -0.4 is 0 Å². The summed E-state index contributed by atoms with van der Waals surface area (Å²) in [6, 6.07) is 10.5. The smallest absolute Gasteiger partial charge is 0.226 e. The molecule has 0 N–H and O–H groups in total. The van der Waals surface area contributed by atoms with E-state index < -0.39 is 0 Å².